The first kappa shape index (κ1) is 12.4. The quantitative estimate of drug-likeness (QED) is 0.714. The summed E-state index contributed by atoms with van der Waals surface area (Å²) in [6.45, 7) is 3.22. The Morgan fingerprint density at radius 1 is 1.19 bits per heavy atom. The van der Waals surface area contributed by atoms with E-state index >= 15 is 0 Å². The van der Waals surface area contributed by atoms with Crippen molar-refractivity contribution in [3.05, 3.63) is 0 Å². The maximum Gasteiger partial charge on any atom is 0.236 e. The van der Waals surface area contributed by atoms with Crippen LogP contribution < -0.4 is 0 Å². The molecule has 1 aliphatic carbocycles. The average molecular weight is 288 g/mol. The summed E-state index contributed by atoms with van der Waals surface area (Å²) in [6, 6.07) is 0.452. The van der Waals surface area contributed by atoms with E-state index in [4.69, 9.17) is 0 Å². The fraction of sp³-hybridized carbons (Fsp3) is 0.923. The van der Waals surface area contributed by atoms with Crippen LogP contribution in [0.5, 0.6) is 0 Å². The van der Waals surface area contributed by atoms with E-state index in [9.17, 15) is 4.79 Å². The summed E-state index contributed by atoms with van der Waals surface area (Å²) in [5.74, 6) is 1.07. The molecule has 92 valence electrons. The number of hydrogen-bond donors (Lipinski definition) is 0. The van der Waals surface area contributed by atoms with Gasteiger partial charge in [0.2, 0.25) is 5.91 Å². The molecule has 1 heterocycles. The van der Waals surface area contributed by atoms with Gasteiger partial charge in [-0.1, -0.05) is 35.2 Å². The van der Waals surface area contributed by atoms with Gasteiger partial charge in [-0.3, -0.25) is 4.79 Å². The smallest absolute Gasteiger partial charge is 0.236 e. The van der Waals surface area contributed by atoms with Crippen molar-refractivity contribution in [3.63, 3.8) is 0 Å². The molecule has 2 nitrogen and oxygen atoms in total. The second kappa shape index (κ2) is 5.52. The number of rotatable bonds is 2. The second-order valence-corrected chi connectivity index (χ2v) is 6.39. The number of nitrogens with zero attached hydrogens (tertiary/aromatic N) is 1. The first-order chi connectivity index (χ1) is 7.70. The zero-order valence-corrected chi connectivity index (χ0v) is 11.7. The average Bonchev–Trinajstić information content (AvgIpc) is 2.33. The molecule has 0 aromatic rings. The number of amides is 1. The minimum Gasteiger partial charge on any atom is -0.339 e. The van der Waals surface area contributed by atoms with Crippen LogP contribution in [0, 0.1) is 5.92 Å². The summed E-state index contributed by atoms with van der Waals surface area (Å²) in [6.07, 6.45) is 8.89. The molecule has 16 heavy (non-hydrogen) atoms. The Kier molecular flexibility index (Phi) is 4.28. The number of likely N-dealkylation sites (tertiary alicyclic amines) is 1. The third-order valence-electron chi connectivity index (χ3n) is 4.23. The van der Waals surface area contributed by atoms with Crippen LogP contribution in [0.25, 0.3) is 0 Å². The Labute approximate surface area is 107 Å². The molecule has 1 aliphatic heterocycles. The number of hydrogen-bond acceptors (Lipinski definition) is 1. The highest BCUT2D eigenvalue weighted by Crippen LogP contribution is 2.31. The minimum atomic E-state index is 0.0762. The molecule has 2 rings (SSSR count). The van der Waals surface area contributed by atoms with Crippen molar-refractivity contribution in [2.75, 3.05) is 6.54 Å². The van der Waals surface area contributed by atoms with Crippen LogP contribution in [-0.2, 0) is 4.79 Å². The minimum absolute atomic E-state index is 0.0762. The zero-order chi connectivity index (χ0) is 11.5. The molecule has 2 unspecified atom stereocenters. The Morgan fingerprint density at radius 2 is 1.88 bits per heavy atom. The molecule has 0 aromatic heterocycles. The predicted molar refractivity (Wildman–Crippen MR) is 69.7 cm³/mol. The molecular formula is C13H22BrNO. The van der Waals surface area contributed by atoms with Gasteiger partial charge in [0.1, 0.15) is 0 Å². The molecule has 2 atom stereocenters. The van der Waals surface area contributed by atoms with Gasteiger partial charge in [-0.2, -0.15) is 0 Å². The van der Waals surface area contributed by atoms with Gasteiger partial charge in [-0.15, -0.1) is 0 Å². The fourth-order valence-electron chi connectivity index (χ4n) is 3.13. The molecule has 2 fully saturated rings. The lowest BCUT2D eigenvalue weighted by atomic mass is 9.83. The topological polar surface area (TPSA) is 20.3 Å². The van der Waals surface area contributed by atoms with Crippen LogP contribution in [0.4, 0.5) is 0 Å². The van der Waals surface area contributed by atoms with E-state index in [2.05, 4.69) is 27.8 Å². The van der Waals surface area contributed by atoms with E-state index in [1.807, 2.05) is 0 Å². The van der Waals surface area contributed by atoms with Gasteiger partial charge in [0.05, 0.1) is 4.83 Å². The number of carbonyl (C=O) groups is 1. The van der Waals surface area contributed by atoms with Crippen molar-refractivity contribution >= 4 is 21.8 Å². The van der Waals surface area contributed by atoms with Crippen molar-refractivity contribution < 1.29 is 4.79 Å². The Hall–Kier alpha value is -0.0500. The van der Waals surface area contributed by atoms with E-state index in [1.54, 1.807) is 0 Å². The van der Waals surface area contributed by atoms with Crippen molar-refractivity contribution in [3.8, 4) is 0 Å². The van der Waals surface area contributed by atoms with Crippen molar-refractivity contribution in [1.82, 2.24) is 4.90 Å². The highest BCUT2D eigenvalue weighted by molar-refractivity contribution is 9.10. The molecule has 3 heteroatoms. The second-order valence-electron chi connectivity index (χ2n) is 5.28. The summed E-state index contributed by atoms with van der Waals surface area (Å²) in [5.41, 5.74) is 0. The molecule has 0 radical (unpaired) electrons. The van der Waals surface area contributed by atoms with Crippen LogP contribution in [0.2, 0.25) is 0 Å². The highest BCUT2D eigenvalue weighted by Gasteiger charge is 2.33. The molecule has 0 bridgehead atoms. The Bertz CT molecular complexity index is 250. The van der Waals surface area contributed by atoms with E-state index in [-0.39, 0.29) is 4.83 Å². The molecule has 0 N–H and O–H groups in total. The first-order valence-electron chi connectivity index (χ1n) is 6.64. The first-order valence-corrected chi connectivity index (χ1v) is 7.56. The van der Waals surface area contributed by atoms with Gasteiger partial charge >= 0.3 is 0 Å². The summed E-state index contributed by atoms with van der Waals surface area (Å²) in [5, 5.41) is 0. The van der Waals surface area contributed by atoms with Gasteiger partial charge in [-0.25, -0.2) is 0 Å². The lowest BCUT2D eigenvalue weighted by molar-refractivity contribution is -0.136. The van der Waals surface area contributed by atoms with Crippen LogP contribution in [0.3, 0.4) is 0 Å². The summed E-state index contributed by atoms with van der Waals surface area (Å²) < 4.78 is 0. The van der Waals surface area contributed by atoms with Gasteiger partial charge in [0.15, 0.2) is 0 Å². The molecular weight excluding hydrogens is 266 g/mol. The number of alkyl halides is 1. The Morgan fingerprint density at radius 3 is 2.56 bits per heavy atom. The van der Waals surface area contributed by atoms with Crippen molar-refractivity contribution in [2.24, 2.45) is 5.92 Å². The van der Waals surface area contributed by atoms with Crippen LogP contribution in [-0.4, -0.2) is 28.2 Å². The van der Waals surface area contributed by atoms with Crippen molar-refractivity contribution in [1.29, 1.82) is 0 Å². The summed E-state index contributed by atoms with van der Waals surface area (Å²) >= 11 is 3.50. The van der Waals surface area contributed by atoms with Crippen LogP contribution in [0.15, 0.2) is 0 Å². The molecule has 1 amide bonds. The van der Waals surface area contributed by atoms with E-state index in [1.165, 1.54) is 32.1 Å². The van der Waals surface area contributed by atoms with E-state index < -0.39 is 0 Å². The fourth-order valence-corrected chi connectivity index (χ4v) is 3.72. The van der Waals surface area contributed by atoms with Crippen LogP contribution >= 0.6 is 15.9 Å². The van der Waals surface area contributed by atoms with E-state index in [0.29, 0.717) is 11.9 Å². The SMILES string of the molecule is CC(C1CCCCC1)N1CCCC(Br)C1=O. The zero-order valence-electron chi connectivity index (χ0n) is 10.1. The maximum absolute atomic E-state index is 12.1. The lowest BCUT2D eigenvalue weighted by Crippen LogP contribution is -2.49. The number of piperidine rings is 1. The normalized spacial score (nSPS) is 30.5. The van der Waals surface area contributed by atoms with E-state index in [0.717, 1.165) is 25.3 Å². The third-order valence-corrected chi connectivity index (χ3v) is 5.08. The maximum atomic E-state index is 12.1. The van der Waals surface area contributed by atoms with Gasteiger partial charge < -0.3 is 4.90 Å². The van der Waals surface area contributed by atoms with Crippen LogP contribution in [0.1, 0.15) is 51.9 Å². The molecule has 0 spiro atoms. The summed E-state index contributed by atoms with van der Waals surface area (Å²) in [7, 11) is 0. The molecule has 0 aromatic carbocycles. The lowest BCUT2D eigenvalue weighted by Gasteiger charge is -2.40. The van der Waals surface area contributed by atoms with Gasteiger partial charge in [-0.05, 0) is 38.5 Å². The summed E-state index contributed by atoms with van der Waals surface area (Å²) in [4.78, 5) is 14.3. The molecule has 1 saturated carbocycles. The number of halogens is 1. The van der Waals surface area contributed by atoms with Crippen molar-refractivity contribution in [2.45, 2.75) is 62.7 Å². The Balaban J connectivity index is 1.96. The standard InChI is InChI=1S/C13H22BrNO/c1-10(11-6-3-2-4-7-11)15-9-5-8-12(14)13(15)16/h10-12H,2-9H2,1H3. The van der Waals surface area contributed by atoms with Gasteiger partial charge in [0.25, 0.3) is 0 Å². The number of carbonyl (C=O) groups excluding carboxylic acids is 1. The van der Waals surface area contributed by atoms with Gasteiger partial charge in [0, 0.05) is 12.6 Å². The molecule has 1 saturated heterocycles. The molecule has 2 aliphatic rings. The highest BCUT2D eigenvalue weighted by atomic mass is 79.9. The predicted octanol–water partition coefficient (Wildman–Crippen LogP) is 3.34. The largest absolute Gasteiger partial charge is 0.339 e. The third kappa shape index (κ3) is 2.61. The monoisotopic (exact) mass is 287 g/mol.